The molecule has 5 rings (SSSR count). The molecule has 1 fully saturated rings. The first-order chi connectivity index (χ1) is 15.8. The number of aliphatic hydroxyl groups excluding tert-OH is 1. The van der Waals surface area contributed by atoms with Crippen molar-refractivity contribution < 1.29 is 9.84 Å². The third-order valence-corrected chi connectivity index (χ3v) is 5.85. The molecule has 0 amide bonds. The fourth-order valence-electron chi connectivity index (χ4n) is 4.21. The molecule has 2 aromatic carbocycles. The predicted octanol–water partition coefficient (Wildman–Crippen LogP) is 2.58. The third kappa shape index (κ3) is 4.42. The first-order valence-electron chi connectivity index (χ1n) is 10.8. The largest absolute Gasteiger partial charge is 0.490 e. The van der Waals surface area contributed by atoms with Crippen LogP contribution in [0.25, 0.3) is 21.9 Å². The Morgan fingerprint density at radius 2 is 1.75 bits per heavy atom. The summed E-state index contributed by atoms with van der Waals surface area (Å²) in [6.07, 6.45) is 4.56. The topological polar surface area (TPSA) is 90.4 Å². The fraction of sp³-hybridized carbons (Fsp3) is 0.292. The number of aromatic nitrogens is 4. The zero-order valence-electron chi connectivity index (χ0n) is 17.8. The number of nitrogens with zero attached hydrogens (tertiary/aromatic N) is 5. The highest BCUT2D eigenvalue weighted by molar-refractivity contribution is 6.00. The van der Waals surface area contributed by atoms with Crippen molar-refractivity contribution in [1.82, 2.24) is 25.1 Å². The van der Waals surface area contributed by atoms with E-state index in [2.05, 4.69) is 48.2 Å². The molecule has 3 heterocycles. The second-order valence-electron chi connectivity index (χ2n) is 7.95. The van der Waals surface area contributed by atoms with E-state index in [1.54, 1.807) is 12.4 Å². The van der Waals surface area contributed by atoms with Gasteiger partial charge in [0.05, 0.1) is 0 Å². The van der Waals surface area contributed by atoms with Crippen molar-refractivity contribution in [2.75, 3.05) is 44.2 Å². The minimum atomic E-state index is -0.564. The van der Waals surface area contributed by atoms with Crippen LogP contribution in [-0.4, -0.2) is 75.6 Å². The smallest absolute Gasteiger partial charge is 0.221 e. The van der Waals surface area contributed by atoms with Gasteiger partial charge in [-0.3, -0.25) is 9.88 Å². The van der Waals surface area contributed by atoms with Gasteiger partial charge in [-0.15, -0.1) is 0 Å². The van der Waals surface area contributed by atoms with Gasteiger partial charge < -0.3 is 14.7 Å². The van der Waals surface area contributed by atoms with Crippen molar-refractivity contribution >= 4 is 16.7 Å². The molecule has 0 radical (unpaired) electrons. The highest BCUT2D eigenvalue weighted by atomic mass is 16.5. The number of aromatic amines is 1. The van der Waals surface area contributed by atoms with Gasteiger partial charge in [0, 0.05) is 50.5 Å². The molecule has 4 aromatic rings. The van der Waals surface area contributed by atoms with Crippen molar-refractivity contribution in [2.24, 2.45) is 0 Å². The Bertz CT molecular complexity index is 1140. The van der Waals surface area contributed by atoms with Crippen molar-refractivity contribution in [3.8, 4) is 16.9 Å². The maximum atomic E-state index is 10.6. The van der Waals surface area contributed by atoms with Gasteiger partial charge in [0.15, 0.2) is 0 Å². The van der Waals surface area contributed by atoms with Crippen LogP contribution in [0.2, 0.25) is 0 Å². The zero-order valence-corrected chi connectivity index (χ0v) is 17.8. The van der Waals surface area contributed by atoms with E-state index < -0.39 is 6.10 Å². The number of rotatable bonds is 7. The van der Waals surface area contributed by atoms with E-state index in [1.807, 2.05) is 30.3 Å². The summed E-state index contributed by atoms with van der Waals surface area (Å²) in [6.45, 7) is 4.26. The molecular weight excluding hydrogens is 404 g/mol. The number of nitrogens with one attached hydrogen (secondary N) is 1. The molecule has 2 N–H and O–H groups in total. The van der Waals surface area contributed by atoms with Crippen LogP contribution in [0.4, 0.5) is 5.95 Å². The first-order valence-corrected chi connectivity index (χ1v) is 10.8. The monoisotopic (exact) mass is 430 g/mol. The Kier molecular flexibility index (Phi) is 5.96. The van der Waals surface area contributed by atoms with Crippen LogP contribution in [0.5, 0.6) is 5.75 Å². The summed E-state index contributed by atoms with van der Waals surface area (Å²) < 4.78 is 6.07. The zero-order chi connectivity index (χ0) is 21.8. The molecule has 1 aliphatic rings. The molecule has 0 spiro atoms. The number of benzene rings is 2. The maximum absolute atomic E-state index is 10.6. The van der Waals surface area contributed by atoms with Gasteiger partial charge in [-0.2, -0.15) is 10.1 Å². The molecule has 8 heteroatoms. The van der Waals surface area contributed by atoms with Gasteiger partial charge in [0.2, 0.25) is 5.95 Å². The van der Waals surface area contributed by atoms with Crippen LogP contribution >= 0.6 is 0 Å². The van der Waals surface area contributed by atoms with Crippen LogP contribution in [0.1, 0.15) is 0 Å². The van der Waals surface area contributed by atoms with E-state index in [0.29, 0.717) is 6.54 Å². The summed E-state index contributed by atoms with van der Waals surface area (Å²) in [6, 6.07) is 16.3. The molecule has 0 aliphatic carbocycles. The van der Waals surface area contributed by atoms with Gasteiger partial charge in [-0.1, -0.05) is 30.3 Å². The van der Waals surface area contributed by atoms with E-state index in [4.69, 9.17) is 4.74 Å². The lowest BCUT2D eigenvalue weighted by atomic mass is 9.98. The average Bonchev–Trinajstić information content (AvgIpc) is 3.39. The molecule has 1 aliphatic heterocycles. The van der Waals surface area contributed by atoms with E-state index >= 15 is 0 Å². The Morgan fingerprint density at radius 1 is 0.969 bits per heavy atom. The van der Waals surface area contributed by atoms with Crippen molar-refractivity contribution in [1.29, 1.82) is 0 Å². The van der Waals surface area contributed by atoms with E-state index in [1.165, 1.54) is 6.33 Å². The third-order valence-electron chi connectivity index (χ3n) is 5.85. The SMILES string of the molecule is OC(COc1ccc(-c2ccncc2)c2ccccc12)CN1CCN(c2ncn[nH]2)CC1. The van der Waals surface area contributed by atoms with Crippen LogP contribution in [0, 0.1) is 0 Å². The number of hydrogen-bond donors (Lipinski definition) is 2. The second kappa shape index (κ2) is 9.33. The number of H-pyrrole nitrogens is 1. The van der Waals surface area contributed by atoms with Crippen LogP contribution < -0.4 is 9.64 Å². The number of β-amino-alcohol motifs (C(OH)–C–C–N with tert-alkyl or cyclic N) is 1. The van der Waals surface area contributed by atoms with Crippen molar-refractivity contribution in [3.05, 3.63) is 67.3 Å². The molecule has 1 atom stereocenters. The minimum Gasteiger partial charge on any atom is -0.490 e. The van der Waals surface area contributed by atoms with E-state index in [0.717, 1.165) is 59.8 Å². The minimum absolute atomic E-state index is 0.251. The highest BCUT2D eigenvalue weighted by Crippen LogP contribution is 2.34. The molecule has 32 heavy (non-hydrogen) atoms. The Hall–Kier alpha value is -3.49. The Morgan fingerprint density at radius 3 is 2.50 bits per heavy atom. The summed E-state index contributed by atoms with van der Waals surface area (Å²) in [7, 11) is 0. The molecule has 0 bridgehead atoms. The van der Waals surface area contributed by atoms with Crippen molar-refractivity contribution in [2.45, 2.75) is 6.10 Å². The molecule has 1 saturated heterocycles. The van der Waals surface area contributed by atoms with Gasteiger partial charge in [-0.25, -0.2) is 5.10 Å². The van der Waals surface area contributed by atoms with Crippen LogP contribution in [0.3, 0.4) is 0 Å². The molecular formula is C24H26N6O2. The summed E-state index contributed by atoms with van der Waals surface area (Å²) in [4.78, 5) is 12.7. The van der Waals surface area contributed by atoms with Gasteiger partial charge >= 0.3 is 0 Å². The van der Waals surface area contributed by atoms with Gasteiger partial charge in [0.25, 0.3) is 0 Å². The molecule has 1 unspecified atom stereocenters. The normalized spacial score (nSPS) is 15.7. The van der Waals surface area contributed by atoms with Crippen LogP contribution in [0.15, 0.2) is 67.3 Å². The number of pyridine rings is 1. The lowest BCUT2D eigenvalue weighted by Gasteiger charge is -2.35. The number of fused-ring (bicyclic) bond motifs is 1. The average molecular weight is 431 g/mol. The second-order valence-corrected chi connectivity index (χ2v) is 7.95. The number of piperazine rings is 1. The van der Waals surface area contributed by atoms with Crippen molar-refractivity contribution in [3.63, 3.8) is 0 Å². The quantitative estimate of drug-likeness (QED) is 0.466. The Labute approximate surface area is 186 Å². The molecule has 164 valence electrons. The summed E-state index contributed by atoms with van der Waals surface area (Å²) in [5.41, 5.74) is 2.26. The highest BCUT2D eigenvalue weighted by Gasteiger charge is 2.21. The number of ether oxygens (including phenoxy) is 1. The summed E-state index contributed by atoms with van der Waals surface area (Å²) in [5, 5.41) is 19.6. The molecule has 8 nitrogen and oxygen atoms in total. The fourth-order valence-corrected chi connectivity index (χ4v) is 4.21. The van der Waals surface area contributed by atoms with Gasteiger partial charge in [-0.05, 0) is 34.7 Å². The van der Waals surface area contributed by atoms with E-state index in [9.17, 15) is 5.11 Å². The number of aliphatic hydroxyl groups is 1. The maximum Gasteiger partial charge on any atom is 0.221 e. The summed E-state index contributed by atoms with van der Waals surface area (Å²) in [5.74, 6) is 1.59. The number of anilines is 1. The standard InChI is InChI=1S/C24H26N6O2/c31-19(15-29-11-13-30(14-12-29)24-26-17-27-28-24)16-32-23-6-5-20(18-7-9-25-10-8-18)21-3-1-2-4-22(21)23/h1-10,17,19,31H,11-16H2,(H,26,27,28). The molecule has 2 aromatic heterocycles. The predicted molar refractivity (Wildman–Crippen MR) is 124 cm³/mol. The lowest BCUT2D eigenvalue weighted by Crippen LogP contribution is -2.49. The van der Waals surface area contributed by atoms with E-state index in [-0.39, 0.29) is 6.61 Å². The first kappa shape index (κ1) is 20.4. The van der Waals surface area contributed by atoms with Gasteiger partial charge in [0.1, 0.15) is 24.8 Å². The van der Waals surface area contributed by atoms with Crippen LogP contribution in [-0.2, 0) is 0 Å². The Balaban J connectivity index is 1.21. The molecule has 0 saturated carbocycles. The number of hydrogen-bond acceptors (Lipinski definition) is 7. The summed E-state index contributed by atoms with van der Waals surface area (Å²) >= 11 is 0. The lowest BCUT2D eigenvalue weighted by molar-refractivity contribution is 0.0667.